The van der Waals surface area contributed by atoms with E-state index < -0.39 is 0 Å². The van der Waals surface area contributed by atoms with E-state index in [-0.39, 0.29) is 18.2 Å². The average Bonchev–Trinajstić information content (AvgIpc) is 2.86. The molecular weight excluding hydrogens is 260 g/mol. The Morgan fingerprint density at radius 3 is 2.70 bits per heavy atom. The van der Waals surface area contributed by atoms with Gasteiger partial charge < -0.3 is 20.8 Å². The Bertz CT molecular complexity index is 615. The first-order valence-electron chi connectivity index (χ1n) is 6.15. The third kappa shape index (κ3) is 3.56. The molecule has 0 saturated heterocycles. The van der Waals surface area contributed by atoms with Crippen LogP contribution in [0.25, 0.3) is 5.69 Å². The highest BCUT2D eigenvalue weighted by molar-refractivity contribution is 5.91. The number of ether oxygens (including phenoxy) is 1. The molecule has 0 spiro atoms. The van der Waals surface area contributed by atoms with Gasteiger partial charge in [0.1, 0.15) is 6.61 Å². The van der Waals surface area contributed by atoms with Crippen LogP contribution >= 0.6 is 0 Å². The lowest BCUT2D eigenvalue weighted by Gasteiger charge is -2.07. The number of H-pyrrole nitrogens is 1. The molecule has 7 nitrogen and oxygen atoms in total. The number of aromatic amines is 1. The van der Waals surface area contributed by atoms with Crippen molar-refractivity contribution in [2.45, 2.75) is 0 Å². The van der Waals surface area contributed by atoms with Gasteiger partial charge in [0.05, 0.1) is 12.3 Å². The number of nitrogens with one attached hydrogen (secondary N) is 2. The summed E-state index contributed by atoms with van der Waals surface area (Å²) in [5, 5.41) is 2.69. The molecule has 1 amide bonds. The normalized spacial score (nSPS) is 10.4. The second-order valence-corrected chi connectivity index (χ2v) is 4.07. The molecule has 0 aliphatic rings. The highest BCUT2D eigenvalue weighted by Gasteiger charge is 2.03. The number of nitrogens with two attached hydrogens (primary N) is 1. The maximum atomic E-state index is 11.5. The number of carbonyl (C=O) groups excluding carboxylic acids is 1. The van der Waals surface area contributed by atoms with E-state index in [1.54, 1.807) is 36.7 Å². The number of benzene rings is 1. The van der Waals surface area contributed by atoms with E-state index in [1.165, 1.54) is 4.57 Å². The second-order valence-electron chi connectivity index (χ2n) is 4.07. The van der Waals surface area contributed by atoms with Gasteiger partial charge in [-0.1, -0.05) is 0 Å². The first kappa shape index (κ1) is 14.0. The SMILES string of the molecule is NCCOCC(=O)Nc1ccc(-n2cc[nH]c2=O)cc1. The van der Waals surface area contributed by atoms with Gasteiger partial charge in [-0.15, -0.1) is 0 Å². The molecule has 0 aliphatic carbocycles. The number of nitrogens with zero attached hydrogens (tertiary/aromatic N) is 1. The largest absolute Gasteiger partial charge is 0.370 e. The number of imidazole rings is 1. The molecule has 0 saturated carbocycles. The minimum Gasteiger partial charge on any atom is -0.370 e. The Hall–Kier alpha value is -2.38. The van der Waals surface area contributed by atoms with Crippen LogP contribution in [0.3, 0.4) is 0 Å². The van der Waals surface area contributed by atoms with Crippen molar-refractivity contribution in [1.29, 1.82) is 0 Å². The van der Waals surface area contributed by atoms with Gasteiger partial charge in [-0.05, 0) is 24.3 Å². The molecule has 2 aromatic rings. The molecule has 1 heterocycles. The Kier molecular flexibility index (Phi) is 4.70. The summed E-state index contributed by atoms with van der Waals surface area (Å²) in [6, 6.07) is 6.92. The van der Waals surface area contributed by atoms with Crippen molar-refractivity contribution >= 4 is 11.6 Å². The van der Waals surface area contributed by atoms with Gasteiger partial charge in [-0.2, -0.15) is 0 Å². The molecule has 4 N–H and O–H groups in total. The third-order valence-corrected chi connectivity index (χ3v) is 2.57. The Morgan fingerprint density at radius 1 is 1.35 bits per heavy atom. The summed E-state index contributed by atoms with van der Waals surface area (Å²) in [7, 11) is 0. The number of aromatic nitrogens is 2. The number of rotatable bonds is 6. The van der Waals surface area contributed by atoms with Gasteiger partial charge in [0.15, 0.2) is 0 Å². The van der Waals surface area contributed by atoms with Crippen LogP contribution in [0.5, 0.6) is 0 Å². The Morgan fingerprint density at radius 2 is 2.10 bits per heavy atom. The summed E-state index contributed by atoms with van der Waals surface area (Å²) in [6.07, 6.45) is 3.20. The fourth-order valence-electron chi connectivity index (χ4n) is 1.67. The number of amides is 1. The molecule has 2 rings (SSSR count). The summed E-state index contributed by atoms with van der Waals surface area (Å²) in [4.78, 5) is 25.5. The van der Waals surface area contributed by atoms with Gasteiger partial charge in [0.25, 0.3) is 0 Å². The molecule has 1 aromatic heterocycles. The van der Waals surface area contributed by atoms with Crippen molar-refractivity contribution in [2.24, 2.45) is 5.73 Å². The van der Waals surface area contributed by atoms with Crippen molar-refractivity contribution in [3.05, 3.63) is 47.1 Å². The zero-order valence-corrected chi connectivity index (χ0v) is 10.8. The van der Waals surface area contributed by atoms with E-state index in [9.17, 15) is 9.59 Å². The molecule has 0 unspecified atom stereocenters. The fourth-order valence-corrected chi connectivity index (χ4v) is 1.67. The zero-order valence-electron chi connectivity index (χ0n) is 10.8. The second kappa shape index (κ2) is 6.69. The summed E-state index contributed by atoms with van der Waals surface area (Å²) in [6.45, 7) is 0.701. The van der Waals surface area contributed by atoms with E-state index in [1.807, 2.05) is 0 Å². The lowest BCUT2D eigenvalue weighted by Crippen LogP contribution is -2.20. The standard InChI is InChI=1S/C13H16N4O3/c14-5-8-20-9-12(18)16-10-1-3-11(4-2-10)17-7-6-15-13(17)19/h1-4,6-7H,5,8-9,14H2,(H,15,19)(H,16,18). The van der Waals surface area contributed by atoms with Gasteiger partial charge in [0.2, 0.25) is 5.91 Å². The highest BCUT2D eigenvalue weighted by atomic mass is 16.5. The number of anilines is 1. The van der Waals surface area contributed by atoms with Crippen molar-refractivity contribution in [1.82, 2.24) is 9.55 Å². The number of hydrogen-bond acceptors (Lipinski definition) is 4. The van der Waals surface area contributed by atoms with Crippen LogP contribution < -0.4 is 16.7 Å². The minimum atomic E-state index is -0.245. The summed E-state index contributed by atoms with van der Waals surface area (Å²) in [5.41, 5.74) is 6.40. The maximum absolute atomic E-state index is 11.5. The quantitative estimate of drug-likeness (QED) is 0.650. The minimum absolute atomic E-state index is 0.0315. The van der Waals surface area contributed by atoms with Crippen LogP contribution in [0.4, 0.5) is 5.69 Å². The maximum Gasteiger partial charge on any atom is 0.330 e. The van der Waals surface area contributed by atoms with Crippen molar-refractivity contribution in [3.63, 3.8) is 0 Å². The number of hydrogen-bond donors (Lipinski definition) is 3. The van der Waals surface area contributed by atoms with Crippen molar-refractivity contribution in [3.8, 4) is 5.69 Å². The number of carbonyl (C=O) groups is 1. The van der Waals surface area contributed by atoms with E-state index in [0.29, 0.717) is 24.5 Å². The van der Waals surface area contributed by atoms with Crippen LogP contribution in [0.2, 0.25) is 0 Å². The molecular formula is C13H16N4O3. The molecule has 0 aliphatic heterocycles. The van der Waals surface area contributed by atoms with E-state index in [0.717, 1.165) is 0 Å². The first-order valence-corrected chi connectivity index (χ1v) is 6.15. The highest BCUT2D eigenvalue weighted by Crippen LogP contribution is 2.11. The van der Waals surface area contributed by atoms with E-state index in [2.05, 4.69) is 10.3 Å². The zero-order chi connectivity index (χ0) is 14.4. The fraction of sp³-hybridized carbons (Fsp3) is 0.231. The summed E-state index contributed by atoms with van der Waals surface area (Å²) >= 11 is 0. The molecule has 0 bridgehead atoms. The van der Waals surface area contributed by atoms with E-state index in [4.69, 9.17) is 10.5 Å². The Balaban J connectivity index is 1.97. The van der Waals surface area contributed by atoms with Gasteiger partial charge in [-0.3, -0.25) is 9.36 Å². The lowest BCUT2D eigenvalue weighted by atomic mass is 10.2. The molecule has 7 heteroatoms. The van der Waals surface area contributed by atoms with Crippen molar-refractivity contribution in [2.75, 3.05) is 25.1 Å². The topological polar surface area (TPSA) is 102 Å². The molecule has 0 fully saturated rings. The van der Waals surface area contributed by atoms with Crippen LogP contribution in [-0.2, 0) is 9.53 Å². The van der Waals surface area contributed by atoms with E-state index >= 15 is 0 Å². The van der Waals surface area contributed by atoms with Gasteiger partial charge >= 0.3 is 5.69 Å². The van der Waals surface area contributed by atoms with Crippen LogP contribution in [-0.4, -0.2) is 35.2 Å². The predicted octanol–water partition coefficient (Wildman–Crippen LogP) is 0.0794. The molecule has 1 aromatic carbocycles. The van der Waals surface area contributed by atoms with Gasteiger partial charge in [0, 0.05) is 24.6 Å². The smallest absolute Gasteiger partial charge is 0.330 e. The summed E-state index contributed by atoms with van der Waals surface area (Å²) in [5.74, 6) is -0.245. The van der Waals surface area contributed by atoms with Crippen LogP contribution in [0, 0.1) is 0 Å². The molecule has 0 atom stereocenters. The van der Waals surface area contributed by atoms with Crippen LogP contribution in [0.15, 0.2) is 41.5 Å². The summed E-state index contributed by atoms with van der Waals surface area (Å²) < 4.78 is 6.50. The lowest BCUT2D eigenvalue weighted by molar-refractivity contribution is -0.120. The molecule has 20 heavy (non-hydrogen) atoms. The molecule has 0 radical (unpaired) electrons. The average molecular weight is 276 g/mol. The first-order chi connectivity index (χ1) is 9.70. The van der Waals surface area contributed by atoms with Gasteiger partial charge in [-0.25, -0.2) is 4.79 Å². The molecule has 106 valence electrons. The van der Waals surface area contributed by atoms with Crippen molar-refractivity contribution < 1.29 is 9.53 Å². The van der Waals surface area contributed by atoms with Crippen LogP contribution in [0.1, 0.15) is 0 Å². The third-order valence-electron chi connectivity index (χ3n) is 2.57. The monoisotopic (exact) mass is 276 g/mol. The predicted molar refractivity (Wildman–Crippen MR) is 74.9 cm³/mol. The Labute approximate surface area is 115 Å².